The van der Waals surface area contributed by atoms with Crippen LogP contribution in [0.3, 0.4) is 0 Å². The summed E-state index contributed by atoms with van der Waals surface area (Å²) in [4.78, 5) is 23.9. The fourth-order valence-corrected chi connectivity index (χ4v) is 4.38. The van der Waals surface area contributed by atoms with Crippen LogP contribution in [-0.4, -0.2) is 30.0 Å². The van der Waals surface area contributed by atoms with Gasteiger partial charge in [-0.15, -0.1) is 0 Å². The van der Waals surface area contributed by atoms with Crippen LogP contribution in [0.5, 0.6) is 5.75 Å². The van der Waals surface area contributed by atoms with Crippen LogP contribution in [0.4, 0.5) is 0 Å². The summed E-state index contributed by atoms with van der Waals surface area (Å²) in [5, 5.41) is 4.20. The maximum Gasteiger partial charge on any atom is 0.235 e. The first kappa shape index (κ1) is 18.5. The summed E-state index contributed by atoms with van der Waals surface area (Å²) < 4.78 is 7.59. The summed E-state index contributed by atoms with van der Waals surface area (Å²) in [6, 6.07) is 1.70. The molecule has 1 aliphatic rings. The van der Waals surface area contributed by atoms with Gasteiger partial charge in [-0.25, -0.2) is 0 Å². The van der Waals surface area contributed by atoms with Crippen LogP contribution in [-0.2, 0) is 11.2 Å². The second-order valence-electron chi connectivity index (χ2n) is 6.05. The molecule has 0 aliphatic heterocycles. The molecule has 0 unspecified atom stereocenters. The highest BCUT2D eigenvalue weighted by atomic mass is 79.9. The number of benzene rings is 1. The van der Waals surface area contributed by atoms with E-state index in [1.165, 1.54) is 14.0 Å². The monoisotopic (exact) mass is 446 g/mol. The van der Waals surface area contributed by atoms with Crippen molar-refractivity contribution in [2.75, 3.05) is 13.7 Å². The number of nitrogens with one attached hydrogen (secondary N) is 1. The minimum atomic E-state index is -0.111. The number of rotatable bonds is 5. The topological polar surface area (TPSA) is 60.3 Å². The van der Waals surface area contributed by atoms with Gasteiger partial charge in [0.2, 0.25) is 11.8 Å². The third kappa shape index (κ3) is 3.39. The number of methoxy groups -OCH3 is 1. The van der Waals surface area contributed by atoms with Gasteiger partial charge >= 0.3 is 0 Å². The molecule has 5 nitrogen and oxygen atoms in total. The molecule has 1 fully saturated rings. The Bertz CT molecular complexity index is 875. The molecular weight excluding hydrogens is 431 g/mol. The van der Waals surface area contributed by atoms with Gasteiger partial charge in [0.05, 0.1) is 27.3 Å². The van der Waals surface area contributed by atoms with Crippen molar-refractivity contribution in [1.82, 2.24) is 9.88 Å². The molecule has 8 heteroatoms. The van der Waals surface area contributed by atoms with E-state index in [1.807, 2.05) is 0 Å². The lowest BCUT2D eigenvalue weighted by atomic mass is 10.1. The lowest BCUT2D eigenvalue weighted by Crippen LogP contribution is -2.22. The van der Waals surface area contributed by atoms with Crippen molar-refractivity contribution in [2.24, 2.45) is 5.92 Å². The number of ether oxygens (including phenoxy) is 1. The van der Waals surface area contributed by atoms with E-state index in [2.05, 4.69) is 21.2 Å². The fourth-order valence-electron chi connectivity index (χ4n) is 2.90. The summed E-state index contributed by atoms with van der Waals surface area (Å²) in [7, 11) is 1.50. The molecule has 25 heavy (non-hydrogen) atoms. The Morgan fingerprint density at radius 3 is 2.64 bits per heavy atom. The van der Waals surface area contributed by atoms with Gasteiger partial charge in [-0.1, -0.05) is 23.2 Å². The summed E-state index contributed by atoms with van der Waals surface area (Å²) in [6.45, 7) is 1.90. The lowest BCUT2D eigenvalue weighted by molar-refractivity contribution is -0.118. The molecule has 1 aliphatic carbocycles. The Labute approximate surface area is 163 Å². The number of aromatic nitrogens is 1. The van der Waals surface area contributed by atoms with E-state index < -0.39 is 0 Å². The van der Waals surface area contributed by atoms with Gasteiger partial charge in [0.25, 0.3) is 0 Å². The molecule has 0 saturated heterocycles. The number of hydrogen-bond donors (Lipinski definition) is 1. The van der Waals surface area contributed by atoms with Crippen molar-refractivity contribution in [2.45, 2.75) is 26.2 Å². The molecule has 1 amide bonds. The van der Waals surface area contributed by atoms with Crippen LogP contribution in [0.25, 0.3) is 10.9 Å². The summed E-state index contributed by atoms with van der Waals surface area (Å²) in [5.74, 6) is 0.329. The average Bonchev–Trinajstić information content (AvgIpc) is 3.34. The number of fused-ring (bicyclic) bond motifs is 1. The van der Waals surface area contributed by atoms with Crippen LogP contribution >= 0.6 is 39.1 Å². The minimum Gasteiger partial charge on any atom is -0.494 e. The van der Waals surface area contributed by atoms with Gasteiger partial charge in [-0.3, -0.25) is 14.2 Å². The zero-order chi connectivity index (χ0) is 18.3. The van der Waals surface area contributed by atoms with E-state index in [1.54, 1.807) is 10.6 Å². The summed E-state index contributed by atoms with van der Waals surface area (Å²) in [5.41, 5.74) is 1.50. The number of hydrogen-bond acceptors (Lipinski definition) is 3. The van der Waals surface area contributed by atoms with Gasteiger partial charge in [0, 0.05) is 24.8 Å². The van der Waals surface area contributed by atoms with Crippen LogP contribution in [0, 0.1) is 5.92 Å². The zero-order valence-corrected chi connectivity index (χ0v) is 16.9. The molecule has 1 aromatic heterocycles. The zero-order valence-electron chi connectivity index (χ0n) is 13.8. The van der Waals surface area contributed by atoms with Crippen molar-refractivity contribution in [1.29, 1.82) is 0 Å². The van der Waals surface area contributed by atoms with Crippen molar-refractivity contribution in [3.05, 3.63) is 26.3 Å². The molecule has 1 aromatic carbocycles. The second kappa shape index (κ2) is 7.17. The highest BCUT2D eigenvalue weighted by Crippen LogP contribution is 2.45. The SMILES string of the molecule is COc1c(Cl)cc2c(c1Cl)c(CCNC(C)=O)c(Br)n2C(=O)C1CC1. The molecule has 0 radical (unpaired) electrons. The van der Waals surface area contributed by atoms with Gasteiger partial charge in [0.1, 0.15) is 0 Å². The predicted molar refractivity (Wildman–Crippen MR) is 102 cm³/mol. The molecule has 1 N–H and O–H groups in total. The Hall–Kier alpha value is -1.24. The molecular formula is C17H17BrCl2N2O3. The Kier molecular flexibility index (Phi) is 5.32. The van der Waals surface area contributed by atoms with Crippen molar-refractivity contribution in [3.63, 3.8) is 0 Å². The minimum absolute atomic E-state index is 0.0277. The van der Waals surface area contributed by atoms with E-state index in [0.717, 1.165) is 18.4 Å². The molecule has 1 heterocycles. The first-order valence-electron chi connectivity index (χ1n) is 7.90. The number of nitrogens with zero attached hydrogens (tertiary/aromatic N) is 1. The normalized spacial score (nSPS) is 14.0. The molecule has 0 bridgehead atoms. The third-order valence-electron chi connectivity index (χ3n) is 4.24. The maximum atomic E-state index is 12.8. The van der Waals surface area contributed by atoms with E-state index >= 15 is 0 Å². The Balaban J connectivity index is 2.19. The van der Waals surface area contributed by atoms with E-state index in [-0.39, 0.29) is 17.7 Å². The molecule has 2 aromatic rings. The standard InChI is InChI=1S/C17H17BrCl2N2O3/c1-8(23)21-6-5-10-13-12(7-11(19)15(25-2)14(13)20)22(16(10)18)17(24)9-3-4-9/h7,9H,3-6H2,1-2H3,(H,21,23). The predicted octanol–water partition coefficient (Wildman–Crippen LogP) is 4.45. The quantitative estimate of drug-likeness (QED) is 0.736. The van der Waals surface area contributed by atoms with E-state index in [9.17, 15) is 9.59 Å². The van der Waals surface area contributed by atoms with Crippen molar-refractivity contribution < 1.29 is 14.3 Å². The van der Waals surface area contributed by atoms with Crippen LogP contribution < -0.4 is 10.1 Å². The first-order valence-corrected chi connectivity index (χ1v) is 9.45. The Morgan fingerprint density at radius 2 is 2.08 bits per heavy atom. The van der Waals surface area contributed by atoms with Gasteiger partial charge in [-0.2, -0.15) is 0 Å². The smallest absolute Gasteiger partial charge is 0.235 e. The van der Waals surface area contributed by atoms with Crippen LogP contribution in [0.2, 0.25) is 10.0 Å². The number of carbonyl (C=O) groups excluding carboxylic acids is 2. The molecule has 0 atom stereocenters. The van der Waals surface area contributed by atoms with E-state index in [0.29, 0.717) is 44.3 Å². The van der Waals surface area contributed by atoms with Crippen LogP contribution in [0.1, 0.15) is 30.1 Å². The van der Waals surface area contributed by atoms with Gasteiger partial charge in [0.15, 0.2) is 5.75 Å². The summed E-state index contributed by atoms with van der Waals surface area (Å²) >= 11 is 16.4. The largest absolute Gasteiger partial charge is 0.494 e. The Morgan fingerprint density at radius 1 is 1.40 bits per heavy atom. The molecule has 3 rings (SSSR count). The lowest BCUT2D eigenvalue weighted by Gasteiger charge is -2.09. The molecule has 1 saturated carbocycles. The third-order valence-corrected chi connectivity index (χ3v) is 5.72. The first-order chi connectivity index (χ1) is 11.9. The summed E-state index contributed by atoms with van der Waals surface area (Å²) in [6.07, 6.45) is 2.31. The van der Waals surface area contributed by atoms with Gasteiger partial charge in [-0.05, 0) is 46.8 Å². The maximum absolute atomic E-state index is 12.8. The molecule has 0 spiro atoms. The number of halogens is 3. The van der Waals surface area contributed by atoms with Crippen LogP contribution in [0.15, 0.2) is 10.7 Å². The van der Waals surface area contributed by atoms with Gasteiger partial charge < -0.3 is 10.1 Å². The van der Waals surface area contributed by atoms with E-state index in [4.69, 9.17) is 27.9 Å². The second-order valence-corrected chi connectivity index (χ2v) is 7.59. The highest BCUT2D eigenvalue weighted by molar-refractivity contribution is 9.10. The van der Waals surface area contributed by atoms with Crippen molar-refractivity contribution in [3.8, 4) is 5.75 Å². The fraction of sp³-hybridized carbons (Fsp3) is 0.412. The number of carbonyl (C=O) groups is 2. The van der Waals surface area contributed by atoms with Crippen molar-refractivity contribution >= 4 is 61.8 Å². The average molecular weight is 448 g/mol. The molecule has 134 valence electrons. The highest BCUT2D eigenvalue weighted by Gasteiger charge is 2.34. The number of amides is 1.